The summed E-state index contributed by atoms with van der Waals surface area (Å²) in [6.45, 7) is 9.46. The van der Waals surface area contributed by atoms with Crippen LogP contribution in [0.2, 0.25) is 0 Å². The van der Waals surface area contributed by atoms with Crippen molar-refractivity contribution in [2.24, 2.45) is 5.92 Å². The van der Waals surface area contributed by atoms with Crippen molar-refractivity contribution < 1.29 is 19.1 Å². The van der Waals surface area contributed by atoms with Gasteiger partial charge in [0.25, 0.3) is 5.56 Å². The highest BCUT2D eigenvalue weighted by Crippen LogP contribution is 2.30. The molecule has 36 heavy (non-hydrogen) atoms. The molecule has 3 rings (SSSR count). The highest BCUT2D eigenvalue weighted by molar-refractivity contribution is 5.82. The fraction of sp³-hybridized carbons (Fsp3) is 0.357. The molecule has 0 fully saturated rings. The number of rotatable bonds is 9. The van der Waals surface area contributed by atoms with Gasteiger partial charge in [0.1, 0.15) is 11.9 Å². The van der Waals surface area contributed by atoms with Gasteiger partial charge in [0.2, 0.25) is 5.91 Å². The summed E-state index contributed by atoms with van der Waals surface area (Å²) >= 11 is 0. The summed E-state index contributed by atoms with van der Waals surface area (Å²) in [5.74, 6) is -2.39. The molecule has 3 aromatic rings. The average molecular weight is 494 g/mol. The Labute approximate surface area is 210 Å². The molecule has 0 aliphatic rings. The van der Waals surface area contributed by atoms with Crippen LogP contribution in [0.3, 0.4) is 0 Å². The number of carbonyl (C=O) groups is 2. The number of hydrogen-bond acceptors (Lipinski definition) is 4. The first-order chi connectivity index (χ1) is 17.0. The fourth-order valence-corrected chi connectivity index (χ4v) is 4.40. The van der Waals surface area contributed by atoms with Gasteiger partial charge in [0.15, 0.2) is 0 Å². The number of amides is 1. The van der Waals surface area contributed by atoms with Gasteiger partial charge >= 0.3 is 5.97 Å². The minimum absolute atomic E-state index is 0.0259. The van der Waals surface area contributed by atoms with Gasteiger partial charge in [0.05, 0.1) is 24.4 Å². The van der Waals surface area contributed by atoms with Crippen LogP contribution in [0.5, 0.6) is 0 Å². The van der Waals surface area contributed by atoms with Crippen molar-refractivity contribution in [3.8, 4) is 11.3 Å². The second-order valence-electron chi connectivity index (χ2n) is 9.61. The lowest BCUT2D eigenvalue weighted by atomic mass is 9.95. The number of carboxylic acids is 1. The third-order valence-electron chi connectivity index (χ3n) is 6.13. The molecule has 8 heteroatoms. The smallest absolute Gasteiger partial charge is 0.305 e. The predicted octanol–water partition coefficient (Wildman–Crippen LogP) is 4.89. The Bertz CT molecular complexity index is 1310. The van der Waals surface area contributed by atoms with Crippen molar-refractivity contribution in [3.63, 3.8) is 0 Å². The zero-order chi connectivity index (χ0) is 26.6. The number of aryl methyl sites for hydroxylation is 3. The number of hydrogen-bond donors (Lipinski definition) is 2. The van der Waals surface area contributed by atoms with Gasteiger partial charge in [-0.1, -0.05) is 32.0 Å². The second kappa shape index (κ2) is 11.3. The standard InChI is InChI=1S/C28H32FN3O4/c1-16(2)11-24(32-10-9-17(3)12-25(32)33)28(36)31-22(14-26(34)35)20-13-23(30-15-21(20)29)27-18(4)7-6-8-19(27)5/h6-10,12-13,15-16,22,24H,11,14H2,1-5H3,(H,31,36)(H,34,35)/t22-,24+/m0/s1. The third-order valence-corrected chi connectivity index (χ3v) is 6.13. The number of nitrogens with one attached hydrogen (secondary N) is 1. The lowest BCUT2D eigenvalue weighted by Crippen LogP contribution is -2.40. The number of pyridine rings is 2. The normalized spacial score (nSPS) is 12.9. The van der Waals surface area contributed by atoms with Crippen LogP contribution in [0.4, 0.5) is 4.39 Å². The Hall–Kier alpha value is -3.81. The molecule has 2 aromatic heterocycles. The highest BCUT2D eigenvalue weighted by atomic mass is 19.1. The van der Waals surface area contributed by atoms with Crippen LogP contribution < -0.4 is 10.9 Å². The zero-order valence-electron chi connectivity index (χ0n) is 21.2. The van der Waals surface area contributed by atoms with E-state index in [1.54, 1.807) is 19.2 Å². The van der Waals surface area contributed by atoms with Crippen LogP contribution in [0.25, 0.3) is 11.3 Å². The molecule has 0 spiro atoms. The SMILES string of the molecule is Cc1ccn([C@H](CC(C)C)C(=O)N[C@@H](CC(=O)O)c2cc(-c3c(C)cccc3C)ncc2F)c(=O)c1. The van der Waals surface area contributed by atoms with E-state index in [4.69, 9.17) is 0 Å². The van der Waals surface area contributed by atoms with E-state index in [0.29, 0.717) is 12.1 Å². The molecule has 0 saturated carbocycles. The first-order valence-corrected chi connectivity index (χ1v) is 11.9. The maximum absolute atomic E-state index is 15.0. The number of aliphatic carboxylic acids is 1. The molecule has 0 aliphatic heterocycles. The van der Waals surface area contributed by atoms with Crippen molar-refractivity contribution in [1.82, 2.24) is 14.9 Å². The molecule has 1 amide bonds. The predicted molar refractivity (Wildman–Crippen MR) is 136 cm³/mol. The average Bonchev–Trinajstić information content (AvgIpc) is 2.78. The van der Waals surface area contributed by atoms with Gasteiger partial charge in [-0.25, -0.2) is 4.39 Å². The summed E-state index contributed by atoms with van der Waals surface area (Å²) in [7, 11) is 0. The first-order valence-electron chi connectivity index (χ1n) is 11.9. The molecule has 0 aliphatic carbocycles. The van der Waals surface area contributed by atoms with Gasteiger partial charge in [-0.15, -0.1) is 0 Å². The van der Waals surface area contributed by atoms with E-state index in [1.807, 2.05) is 45.9 Å². The van der Waals surface area contributed by atoms with Gasteiger partial charge in [0, 0.05) is 23.4 Å². The first kappa shape index (κ1) is 26.8. The van der Waals surface area contributed by atoms with Gasteiger partial charge < -0.3 is 15.0 Å². The lowest BCUT2D eigenvalue weighted by Gasteiger charge is -2.25. The zero-order valence-corrected chi connectivity index (χ0v) is 21.2. The highest BCUT2D eigenvalue weighted by Gasteiger charge is 2.28. The summed E-state index contributed by atoms with van der Waals surface area (Å²) in [5.41, 5.74) is 3.64. The van der Waals surface area contributed by atoms with E-state index in [1.165, 1.54) is 16.7 Å². The second-order valence-corrected chi connectivity index (χ2v) is 9.61. The number of halogens is 1. The van der Waals surface area contributed by atoms with Crippen LogP contribution in [0.1, 0.15) is 61.0 Å². The fourth-order valence-electron chi connectivity index (χ4n) is 4.40. The van der Waals surface area contributed by atoms with Crippen LogP contribution in [0, 0.1) is 32.5 Å². The van der Waals surface area contributed by atoms with Gasteiger partial charge in [-0.05, 0) is 61.9 Å². The number of carbonyl (C=O) groups excluding carboxylic acids is 1. The summed E-state index contributed by atoms with van der Waals surface area (Å²) in [5, 5.41) is 12.3. The molecule has 0 unspecified atom stereocenters. The summed E-state index contributed by atoms with van der Waals surface area (Å²) in [6, 6.07) is 8.38. The number of nitrogens with zero attached hydrogens (tertiary/aromatic N) is 2. The van der Waals surface area contributed by atoms with Gasteiger partial charge in [-0.3, -0.25) is 19.4 Å². The lowest BCUT2D eigenvalue weighted by molar-refractivity contribution is -0.138. The third kappa shape index (κ3) is 6.24. The van der Waals surface area contributed by atoms with Gasteiger partial charge in [-0.2, -0.15) is 0 Å². The Balaban J connectivity index is 2.04. The van der Waals surface area contributed by atoms with E-state index in [0.717, 1.165) is 28.5 Å². The van der Waals surface area contributed by atoms with Crippen molar-refractivity contribution in [2.45, 2.75) is 59.5 Å². The molecule has 0 bridgehead atoms. The Morgan fingerprint density at radius 2 is 1.78 bits per heavy atom. The van der Waals surface area contributed by atoms with Crippen LogP contribution in [-0.4, -0.2) is 26.5 Å². The molecule has 2 heterocycles. The Kier molecular flexibility index (Phi) is 8.40. The van der Waals surface area contributed by atoms with Crippen molar-refractivity contribution in [3.05, 3.63) is 87.2 Å². The van der Waals surface area contributed by atoms with E-state index < -0.39 is 36.2 Å². The van der Waals surface area contributed by atoms with E-state index >= 15 is 4.39 Å². The number of benzene rings is 1. The minimum Gasteiger partial charge on any atom is -0.481 e. The molecular weight excluding hydrogens is 461 g/mol. The van der Waals surface area contributed by atoms with E-state index in [9.17, 15) is 19.5 Å². The maximum atomic E-state index is 15.0. The van der Waals surface area contributed by atoms with E-state index in [2.05, 4.69) is 10.3 Å². The molecule has 2 atom stereocenters. The molecule has 0 saturated heterocycles. The van der Waals surface area contributed by atoms with Crippen molar-refractivity contribution in [1.29, 1.82) is 0 Å². The van der Waals surface area contributed by atoms with Crippen LogP contribution >= 0.6 is 0 Å². The molecule has 7 nitrogen and oxygen atoms in total. The molecule has 190 valence electrons. The molecule has 2 N–H and O–H groups in total. The summed E-state index contributed by atoms with van der Waals surface area (Å²) < 4.78 is 16.4. The molecule has 0 radical (unpaired) electrons. The number of carboxylic acid groups (broad SMARTS) is 1. The maximum Gasteiger partial charge on any atom is 0.305 e. The summed E-state index contributed by atoms with van der Waals surface area (Å²) in [4.78, 5) is 42.0. The van der Waals surface area contributed by atoms with E-state index in [-0.39, 0.29) is 17.0 Å². The molecular formula is C28H32FN3O4. The Morgan fingerprint density at radius 3 is 2.36 bits per heavy atom. The largest absolute Gasteiger partial charge is 0.481 e. The topological polar surface area (TPSA) is 101 Å². The van der Waals surface area contributed by atoms with Crippen LogP contribution in [-0.2, 0) is 9.59 Å². The number of aromatic nitrogens is 2. The van der Waals surface area contributed by atoms with Crippen LogP contribution in [0.15, 0.2) is 53.6 Å². The van der Waals surface area contributed by atoms with Crippen molar-refractivity contribution >= 4 is 11.9 Å². The molecule has 1 aromatic carbocycles. The quantitative estimate of drug-likeness (QED) is 0.442. The minimum atomic E-state index is -1.20. The monoisotopic (exact) mass is 493 g/mol. The van der Waals surface area contributed by atoms with Crippen molar-refractivity contribution in [2.75, 3.05) is 0 Å². The summed E-state index contributed by atoms with van der Waals surface area (Å²) in [6.07, 6.45) is 2.42. The Morgan fingerprint density at radius 1 is 1.11 bits per heavy atom.